The van der Waals surface area contributed by atoms with Crippen LogP contribution in [0.3, 0.4) is 0 Å². The van der Waals surface area contributed by atoms with Crippen molar-refractivity contribution < 1.29 is 9.83 Å². The molecule has 0 radical (unpaired) electrons. The summed E-state index contributed by atoms with van der Waals surface area (Å²) >= 11 is 0. The number of aldehydes is 1. The second-order valence-electron chi connectivity index (χ2n) is 2.35. The summed E-state index contributed by atoms with van der Waals surface area (Å²) in [5.74, 6) is 0.0575. The quantitative estimate of drug-likeness (QED) is 0.267. The van der Waals surface area contributed by atoms with E-state index < -0.39 is 5.03 Å². The molecule has 13 heavy (non-hydrogen) atoms. The van der Waals surface area contributed by atoms with Gasteiger partial charge in [-0.25, -0.2) is 10.1 Å². The lowest BCUT2D eigenvalue weighted by Crippen LogP contribution is -2.30. The predicted octanol–water partition coefficient (Wildman–Crippen LogP) is -0.848. The van der Waals surface area contributed by atoms with Crippen LogP contribution in [0.25, 0.3) is 0 Å². The third-order valence-corrected chi connectivity index (χ3v) is 1.53. The highest BCUT2D eigenvalue weighted by Crippen LogP contribution is 2.03. The maximum absolute atomic E-state index is 10.3. The van der Waals surface area contributed by atoms with Gasteiger partial charge in [-0.05, 0) is 0 Å². The third kappa shape index (κ3) is 2.01. The van der Waals surface area contributed by atoms with Gasteiger partial charge in [0, 0.05) is 13.1 Å². The van der Waals surface area contributed by atoms with Crippen LogP contribution in [-0.2, 0) is 4.79 Å². The van der Waals surface area contributed by atoms with Crippen LogP contribution >= 0.6 is 0 Å². The van der Waals surface area contributed by atoms with E-state index in [1.807, 2.05) is 0 Å². The Balaban J connectivity index is 2.80. The van der Waals surface area contributed by atoms with Crippen LogP contribution < -0.4 is 5.32 Å². The van der Waals surface area contributed by atoms with Crippen molar-refractivity contribution >= 4 is 12.2 Å². The summed E-state index contributed by atoms with van der Waals surface area (Å²) in [7, 11) is 0. The lowest BCUT2D eigenvalue weighted by Gasteiger charge is -2.12. The van der Waals surface area contributed by atoms with Gasteiger partial charge in [-0.1, -0.05) is 6.58 Å². The molecule has 1 aliphatic rings. The van der Waals surface area contributed by atoms with E-state index in [0.717, 1.165) is 0 Å². The first-order valence-corrected chi connectivity index (χ1v) is 3.53. The smallest absolute Gasteiger partial charge is 0.276 e. The Morgan fingerprint density at radius 2 is 2.54 bits per heavy atom. The standard InChI is InChI=1S/C6H8N4O3/c1-5(4-11)9-3-2-7-6(9)8-10(12)13/h4H,1-3H2,(H,7,8). The van der Waals surface area contributed by atoms with Crippen LogP contribution in [0.4, 0.5) is 0 Å². The average molecular weight is 184 g/mol. The minimum absolute atomic E-state index is 0.0575. The molecule has 0 atom stereocenters. The van der Waals surface area contributed by atoms with Gasteiger partial charge in [0.15, 0.2) is 11.3 Å². The third-order valence-electron chi connectivity index (χ3n) is 1.53. The van der Waals surface area contributed by atoms with Crippen molar-refractivity contribution in [3.05, 3.63) is 22.4 Å². The van der Waals surface area contributed by atoms with Crippen LogP contribution in [0.5, 0.6) is 0 Å². The fourth-order valence-electron chi connectivity index (χ4n) is 0.991. The number of hydrogen-bond acceptors (Lipinski definition) is 3. The number of guanidine groups is 1. The Bertz CT molecular complexity index is 286. The van der Waals surface area contributed by atoms with Gasteiger partial charge in [0.05, 0.1) is 5.70 Å². The zero-order chi connectivity index (χ0) is 9.84. The molecule has 1 fully saturated rings. The minimum Gasteiger partial charge on any atom is -0.349 e. The zero-order valence-corrected chi connectivity index (χ0v) is 6.77. The molecule has 0 amide bonds. The maximum Gasteiger partial charge on any atom is 0.276 e. The highest BCUT2D eigenvalue weighted by Gasteiger charge is 2.23. The van der Waals surface area contributed by atoms with Gasteiger partial charge in [-0.2, -0.15) is 0 Å². The Hall–Kier alpha value is -1.92. The molecule has 0 aromatic rings. The van der Waals surface area contributed by atoms with Crippen molar-refractivity contribution in [1.82, 2.24) is 10.2 Å². The number of carbonyl (C=O) groups is 1. The Kier molecular flexibility index (Phi) is 2.58. The summed E-state index contributed by atoms with van der Waals surface area (Å²) < 4.78 is 0. The maximum atomic E-state index is 10.3. The molecule has 1 aliphatic heterocycles. The lowest BCUT2D eigenvalue weighted by molar-refractivity contribution is -0.485. The number of nitro groups is 1. The number of allylic oxidation sites excluding steroid dienone is 1. The molecule has 0 unspecified atom stereocenters. The predicted molar refractivity (Wildman–Crippen MR) is 44.3 cm³/mol. The molecule has 0 bridgehead atoms. The first-order valence-electron chi connectivity index (χ1n) is 3.53. The van der Waals surface area contributed by atoms with E-state index in [1.165, 1.54) is 4.90 Å². The highest BCUT2D eigenvalue weighted by atomic mass is 16.7. The molecule has 7 heteroatoms. The molecule has 1 heterocycles. The summed E-state index contributed by atoms with van der Waals surface area (Å²) in [4.78, 5) is 21.7. The van der Waals surface area contributed by atoms with E-state index in [-0.39, 0.29) is 11.7 Å². The number of carbonyl (C=O) groups excluding carboxylic acids is 1. The van der Waals surface area contributed by atoms with Gasteiger partial charge in [-0.3, -0.25) is 4.79 Å². The average Bonchev–Trinajstić information content (AvgIpc) is 2.50. The fourth-order valence-corrected chi connectivity index (χ4v) is 0.991. The molecule has 1 rings (SSSR count). The molecule has 70 valence electrons. The molecule has 1 saturated heterocycles. The summed E-state index contributed by atoms with van der Waals surface area (Å²) in [5, 5.41) is 15.0. The van der Waals surface area contributed by atoms with Crippen molar-refractivity contribution in [3.8, 4) is 0 Å². The van der Waals surface area contributed by atoms with Crippen LogP contribution in [-0.4, -0.2) is 35.3 Å². The summed E-state index contributed by atoms with van der Waals surface area (Å²) in [6, 6.07) is 0. The van der Waals surface area contributed by atoms with Crippen LogP contribution in [0.15, 0.2) is 17.4 Å². The summed E-state index contributed by atoms with van der Waals surface area (Å²) in [5.41, 5.74) is 0.158. The fraction of sp³-hybridized carbons (Fsp3) is 0.333. The first-order chi connectivity index (χ1) is 6.15. The van der Waals surface area contributed by atoms with E-state index in [4.69, 9.17) is 0 Å². The molecule has 7 nitrogen and oxygen atoms in total. The van der Waals surface area contributed by atoms with Crippen molar-refractivity contribution in [1.29, 1.82) is 0 Å². The second-order valence-corrected chi connectivity index (χ2v) is 2.35. The molecule has 0 aromatic carbocycles. The first kappa shape index (κ1) is 9.17. The monoisotopic (exact) mass is 184 g/mol. The van der Waals surface area contributed by atoms with E-state index in [1.54, 1.807) is 0 Å². The van der Waals surface area contributed by atoms with E-state index in [0.29, 0.717) is 19.4 Å². The molecule has 0 spiro atoms. The Labute approximate surface area is 73.9 Å². The number of rotatable bonds is 3. The van der Waals surface area contributed by atoms with E-state index >= 15 is 0 Å². The van der Waals surface area contributed by atoms with E-state index in [2.05, 4.69) is 17.0 Å². The van der Waals surface area contributed by atoms with Crippen molar-refractivity contribution in [3.63, 3.8) is 0 Å². The van der Waals surface area contributed by atoms with Gasteiger partial charge >= 0.3 is 0 Å². The zero-order valence-electron chi connectivity index (χ0n) is 6.77. The van der Waals surface area contributed by atoms with Gasteiger partial charge in [0.25, 0.3) is 5.96 Å². The molecule has 1 N–H and O–H groups in total. The number of hydrazone groups is 1. The van der Waals surface area contributed by atoms with Crippen molar-refractivity contribution in [2.24, 2.45) is 5.10 Å². The molecule has 0 saturated carbocycles. The van der Waals surface area contributed by atoms with Crippen LogP contribution in [0, 0.1) is 10.1 Å². The minimum atomic E-state index is -0.821. The van der Waals surface area contributed by atoms with E-state index in [9.17, 15) is 14.9 Å². The Morgan fingerprint density at radius 1 is 1.85 bits per heavy atom. The van der Waals surface area contributed by atoms with Gasteiger partial charge in [0.2, 0.25) is 0 Å². The number of nitrogens with zero attached hydrogens (tertiary/aromatic N) is 3. The molecular weight excluding hydrogens is 176 g/mol. The van der Waals surface area contributed by atoms with Crippen molar-refractivity contribution in [2.75, 3.05) is 13.1 Å². The second kappa shape index (κ2) is 3.65. The lowest BCUT2D eigenvalue weighted by atomic mass is 10.4. The molecule has 0 aromatic heterocycles. The number of hydrogen-bond donors (Lipinski definition) is 1. The summed E-state index contributed by atoms with van der Waals surface area (Å²) in [6.45, 7) is 4.40. The van der Waals surface area contributed by atoms with Gasteiger partial charge in [0.1, 0.15) is 5.10 Å². The largest absolute Gasteiger partial charge is 0.349 e. The Morgan fingerprint density at radius 3 is 3.08 bits per heavy atom. The van der Waals surface area contributed by atoms with Gasteiger partial charge < -0.3 is 10.2 Å². The molecular formula is C6H8N4O3. The van der Waals surface area contributed by atoms with Crippen LogP contribution in [0.2, 0.25) is 0 Å². The van der Waals surface area contributed by atoms with Gasteiger partial charge in [-0.15, -0.1) is 0 Å². The SMILES string of the molecule is C=C(C=O)N1CCN/C1=N\[N+](=O)[O-]. The molecule has 0 aliphatic carbocycles. The number of nitrogens with one attached hydrogen (secondary N) is 1. The van der Waals surface area contributed by atoms with Crippen molar-refractivity contribution in [2.45, 2.75) is 0 Å². The summed E-state index contributed by atoms with van der Waals surface area (Å²) in [6.07, 6.45) is 0.530. The van der Waals surface area contributed by atoms with Crippen LogP contribution in [0.1, 0.15) is 0 Å². The normalized spacial score (nSPS) is 18.5. The highest BCUT2D eigenvalue weighted by molar-refractivity contribution is 5.88. The topological polar surface area (TPSA) is 87.8 Å².